The Balaban J connectivity index is 1.94. The summed E-state index contributed by atoms with van der Waals surface area (Å²) >= 11 is 0. The summed E-state index contributed by atoms with van der Waals surface area (Å²) in [6.45, 7) is 0.470. The Morgan fingerprint density at radius 3 is 2.95 bits per heavy atom. The van der Waals surface area contributed by atoms with Crippen molar-refractivity contribution in [3.63, 3.8) is 0 Å². The number of hydrogen-bond acceptors (Lipinski definition) is 4. The number of pyridine rings is 1. The summed E-state index contributed by atoms with van der Waals surface area (Å²) in [4.78, 5) is 16.8. The van der Waals surface area contributed by atoms with Gasteiger partial charge in [-0.2, -0.15) is 0 Å². The van der Waals surface area contributed by atoms with Crippen LogP contribution in [0.5, 0.6) is 0 Å². The van der Waals surface area contributed by atoms with E-state index >= 15 is 0 Å². The molecule has 2 N–H and O–H groups in total. The van der Waals surface area contributed by atoms with Gasteiger partial charge in [-0.05, 0) is 25.0 Å². The van der Waals surface area contributed by atoms with E-state index in [1.54, 1.807) is 6.20 Å². The number of nitrogens with zero attached hydrogens (tertiary/aromatic N) is 1. The van der Waals surface area contributed by atoms with Gasteiger partial charge in [0.2, 0.25) is 0 Å². The fraction of sp³-hybridized carbons (Fsp3) is 0.333. The van der Waals surface area contributed by atoms with Crippen LogP contribution >= 0.6 is 0 Å². The number of carbonyl (C=O) groups excluding carboxylic acids is 1. The zero-order chi connectivity index (χ0) is 13.2. The molecule has 1 aliphatic heterocycles. The van der Waals surface area contributed by atoms with Crippen molar-refractivity contribution in [3.8, 4) is 0 Å². The highest BCUT2D eigenvalue weighted by atomic mass is 16.5. The van der Waals surface area contributed by atoms with Crippen LogP contribution in [0.2, 0.25) is 0 Å². The molecule has 1 saturated heterocycles. The Kier molecular flexibility index (Phi) is 3.27. The number of fused-ring (bicyclic) bond motifs is 1. The minimum absolute atomic E-state index is 0.0110. The molecule has 0 amide bonds. The van der Waals surface area contributed by atoms with E-state index in [9.17, 15) is 4.79 Å². The Morgan fingerprint density at radius 2 is 2.16 bits per heavy atom. The highest BCUT2D eigenvalue weighted by molar-refractivity contribution is 6.08. The lowest BCUT2D eigenvalue weighted by Gasteiger charge is -2.12. The minimum atomic E-state index is -0.374. The highest BCUT2D eigenvalue weighted by Gasteiger charge is 2.31. The van der Waals surface area contributed by atoms with Gasteiger partial charge in [0.1, 0.15) is 6.10 Å². The number of aromatic nitrogens is 1. The van der Waals surface area contributed by atoms with E-state index < -0.39 is 0 Å². The molecular weight excluding hydrogens is 240 g/mol. The van der Waals surface area contributed by atoms with Crippen LogP contribution in [0.25, 0.3) is 10.9 Å². The Bertz CT molecular complexity index is 607. The predicted molar refractivity (Wildman–Crippen MR) is 73.0 cm³/mol. The quantitative estimate of drug-likeness (QED) is 0.852. The number of para-hydroxylation sites is 1. The van der Waals surface area contributed by atoms with Gasteiger partial charge in [-0.25, -0.2) is 0 Å². The lowest BCUT2D eigenvalue weighted by Crippen LogP contribution is -2.25. The van der Waals surface area contributed by atoms with Gasteiger partial charge in [-0.15, -0.1) is 0 Å². The highest BCUT2D eigenvalue weighted by Crippen LogP contribution is 2.25. The molecule has 19 heavy (non-hydrogen) atoms. The largest absolute Gasteiger partial charge is 0.366 e. The lowest BCUT2D eigenvalue weighted by atomic mass is 10.0. The van der Waals surface area contributed by atoms with Crippen LogP contribution in [-0.2, 0) is 4.74 Å². The van der Waals surface area contributed by atoms with Gasteiger partial charge in [-0.3, -0.25) is 9.78 Å². The van der Waals surface area contributed by atoms with Crippen LogP contribution in [0, 0.1) is 0 Å². The van der Waals surface area contributed by atoms with E-state index in [2.05, 4.69) is 4.98 Å². The van der Waals surface area contributed by atoms with E-state index in [-0.39, 0.29) is 18.0 Å². The standard InChI is InChI=1S/C15H16N2O2/c16-9-11-6-7-13(19-11)15(18)12-5-1-3-10-4-2-8-17-14(10)12/h1-5,8,11,13H,6-7,9,16H2. The molecule has 1 aromatic carbocycles. The average Bonchev–Trinajstić information content (AvgIpc) is 2.95. The molecule has 4 heteroatoms. The van der Waals surface area contributed by atoms with Crippen LogP contribution in [-0.4, -0.2) is 29.5 Å². The molecule has 98 valence electrons. The second kappa shape index (κ2) is 5.07. The number of nitrogens with two attached hydrogens (primary N) is 1. The molecule has 1 fully saturated rings. The smallest absolute Gasteiger partial charge is 0.193 e. The summed E-state index contributed by atoms with van der Waals surface area (Å²) in [6, 6.07) is 9.48. The fourth-order valence-corrected chi connectivity index (χ4v) is 2.55. The van der Waals surface area contributed by atoms with Crippen LogP contribution in [0.1, 0.15) is 23.2 Å². The Labute approximate surface area is 111 Å². The number of benzene rings is 1. The summed E-state index contributed by atoms with van der Waals surface area (Å²) in [5.74, 6) is 0.0141. The molecule has 2 unspecified atom stereocenters. The number of rotatable bonds is 3. The molecule has 1 aromatic heterocycles. The Morgan fingerprint density at radius 1 is 1.32 bits per heavy atom. The maximum absolute atomic E-state index is 12.5. The molecule has 0 bridgehead atoms. The molecule has 3 rings (SSSR count). The second-order valence-corrected chi connectivity index (χ2v) is 4.80. The van der Waals surface area contributed by atoms with Crippen LogP contribution < -0.4 is 5.73 Å². The Hall–Kier alpha value is -1.78. The molecule has 0 radical (unpaired) electrons. The minimum Gasteiger partial charge on any atom is -0.366 e. The van der Waals surface area contributed by atoms with Crippen LogP contribution in [0.3, 0.4) is 0 Å². The predicted octanol–water partition coefficient (Wildman–Crippen LogP) is 1.92. The zero-order valence-corrected chi connectivity index (χ0v) is 10.6. The number of ether oxygens (including phenoxy) is 1. The van der Waals surface area contributed by atoms with Gasteiger partial charge in [0.05, 0.1) is 11.6 Å². The van der Waals surface area contributed by atoms with Crippen molar-refractivity contribution in [2.75, 3.05) is 6.54 Å². The molecule has 2 heterocycles. The summed E-state index contributed by atoms with van der Waals surface area (Å²) in [7, 11) is 0. The summed E-state index contributed by atoms with van der Waals surface area (Å²) < 4.78 is 5.67. The van der Waals surface area contributed by atoms with E-state index in [1.807, 2.05) is 30.3 Å². The average molecular weight is 256 g/mol. The normalized spacial score (nSPS) is 22.8. The molecule has 4 nitrogen and oxygen atoms in total. The van der Waals surface area contributed by atoms with Gasteiger partial charge in [-0.1, -0.05) is 18.2 Å². The first-order valence-electron chi connectivity index (χ1n) is 6.53. The van der Waals surface area contributed by atoms with Gasteiger partial charge >= 0.3 is 0 Å². The van der Waals surface area contributed by atoms with Crippen molar-refractivity contribution >= 4 is 16.7 Å². The first kappa shape index (κ1) is 12.3. The first-order valence-corrected chi connectivity index (χ1v) is 6.53. The van der Waals surface area contributed by atoms with Crippen molar-refractivity contribution in [1.29, 1.82) is 0 Å². The molecule has 0 saturated carbocycles. The van der Waals surface area contributed by atoms with Gasteiger partial charge in [0, 0.05) is 23.7 Å². The van der Waals surface area contributed by atoms with Gasteiger partial charge < -0.3 is 10.5 Å². The SMILES string of the molecule is NCC1CCC(C(=O)c2cccc3cccnc23)O1. The maximum Gasteiger partial charge on any atom is 0.193 e. The number of Topliss-reactive ketones (excluding diaryl/α,β-unsaturated/α-hetero) is 1. The third-order valence-corrected chi connectivity index (χ3v) is 3.56. The van der Waals surface area contributed by atoms with Crippen LogP contribution in [0.15, 0.2) is 36.5 Å². The number of ketones is 1. The van der Waals surface area contributed by atoms with Gasteiger partial charge in [0.15, 0.2) is 5.78 Å². The lowest BCUT2D eigenvalue weighted by molar-refractivity contribution is 0.0405. The summed E-state index contributed by atoms with van der Waals surface area (Å²) in [5.41, 5.74) is 6.96. The van der Waals surface area contributed by atoms with Crippen molar-refractivity contribution in [2.24, 2.45) is 5.73 Å². The van der Waals surface area contributed by atoms with Crippen molar-refractivity contribution in [1.82, 2.24) is 4.98 Å². The first-order chi connectivity index (χ1) is 9.29. The van der Waals surface area contributed by atoms with E-state index in [4.69, 9.17) is 10.5 Å². The molecular formula is C15H16N2O2. The molecule has 1 aliphatic rings. The van der Waals surface area contributed by atoms with E-state index in [0.717, 1.165) is 23.7 Å². The maximum atomic E-state index is 12.5. The van der Waals surface area contributed by atoms with Gasteiger partial charge in [0.25, 0.3) is 0 Å². The number of carbonyl (C=O) groups is 1. The third-order valence-electron chi connectivity index (χ3n) is 3.56. The summed E-state index contributed by atoms with van der Waals surface area (Å²) in [5, 5.41) is 0.974. The topological polar surface area (TPSA) is 65.2 Å². The summed E-state index contributed by atoms with van der Waals surface area (Å²) in [6.07, 6.45) is 2.94. The molecule has 0 aliphatic carbocycles. The monoisotopic (exact) mass is 256 g/mol. The van der Waals surface area contributed by atoms with Crippen LogP contribution in [0.4, 0.5) is 0 Å². The fourth-order valence-electron chi connectivity index (χ4n) is 2.55. The van der Waals surface area contributed by atoms with E-state index in [0.29, 0.717) is 12.1 Å². The molecule has 2 atom stereocenters. The van der Waals surface area contributed by atoms with Crippen molar-refractivity contribution in [3.05, 3.63) is 42.1 Å². The zero-order valence-electron chi connectivity index (χ0n) is 10.6. The third kappa shape index (κ3) is 2.25. The number of hydrogen-bond donors (Lipinski definition) is 1. The van der Waals surface area contributed by atoms with Crippen molar-refractivity contribution in [2.45, 2.75) is 25.0 Å². The molecule has 2 aromatic rings. The van der Waals surface area contributed by atoms with E-state index in [1.165, 1.54) is 0 Å². The second-order valence-electron chi connectivity index (χ2n) is 4.80. The molecule has 0 spiro atoms. The van der Waals surface area contributed by atoms with Crippen molar-refractivity contribution < 1.29 is 9.53 Å².